The number of hydrogen-bond acceptors (Lipinski definition) is 1. The van der Waals surface area contributed by atoms with Crippen molar-refractivity contribution in [1.29, 1.82) is 0 Å². The molecular formula is C20H26O. The molecule has 2 rings (SSSR count). The van der Waals surface area contributed by atoms with E-state index in [0.29, 0.717) is 5.92 Å². The van der Waals surface area contributed by atoms with Gasteiger partial charge in [-0.05, 0) is 17.5 Å². The summed E-state index contributed by atoms with van der Waals surface area (Å²) in [7, 11) is 0. The zero-order chi connectivity index (χ0) is 14.8. The minimum Gasteiger partial charge on any atom is -0.380 e. The van der Waals surface area contributed by atoms with Crippen molar-refractivity contribution < 1.29 is 4.74 Å². The Labute approximate surface area is 129 Å². The van der Waals surface area contributed by atoms with E-state index < -0.39 is 0 Å². The van der Waals surface area contributed by atoms with Crippen LogP contribution in [0.5, 0.6) is 0 Å². The molecule has 112 valence electrons. The third-order valence-electron chi connectivity index (χ3n) is 3.83. The first-order chi connectivity index (χ1) is 10.4. The van der Waals surface area contributed by atoms with Crippen molar-refractivity contribution in [1.82, 2.24) is 0 Å². The fraction of sp³-hybridized carbons (Fsp3) is 0.400. The Morgan fingerprint density at radius 3 is 1.86 bits per heavy atom. The van der Waals surface area contributed by atoms with Crippen molar-refractivity contribution in [2.75, 3.05) is 13.2 Å². The van der Waals surface area contributed by atoms with Gasteiger partial charge in [0, 0.05) is 12.5 Å². The van der Waals surface area contributed by atoms with Gasteiger partial charge in [0.2, 0.25) is 0 Å². The van der Waals surface area contributed by atoms with Crippen molar-refractivity contribution in [3.05, 3.63) is 71.8 Å². The van der Waals surface area contributed by atoms with E-state index in [1.54, 1.807) is 0 Å². The van der Waals surface area contributed by atoms with Gasteiger partial charge >= 0.3 is 0 Å². The normalized spacial score (nSPS) is 11.0. The van der Waals surface area contributed by atoms with Gasteiger partial charge in [0.15, 0.2) is 0 Å². The molecule has 0 radical (unpaired) electrons. The Morgan fingerprint density at radius 2 is 1.33 bits per heavy atom. The zero-order valence-corrected chi connectivity index (χ0v) is 13.0. The minimum absolute atomic E-state index is 0.332. The van der Waals surface area contributed by atoms with Crippen LogP contribution in [0.1, 0.15) is 49.7 Å². The third kappa shape index (κ3) is 5.35. The van der Waals surface area contributed by atoms with Crippen molar-refractivity contribution in [3.63, 3.8) is 0 Å². The van der Waals surface area contributed by atoms with Crippen LogP contribution in [-0.2, 0) is 4.74 Å². The molecule has 2 aromatic carbocycles. The number of rotatable bonds is 9. The molecule has 0 amide bonds. The molecule has 0 aliphatic rings. The molecule has 0 aliphatic carbocycles. The molecular weight excluding hydrogens is 256 g/mol. The lowest BCUT2D eigenvalue weighted by Crippen LogP contribution is -2.10. The van der Waals surface area contributed by atoms with E-state index in [-0.39, 0.29) is 0 Å². The summed E-state index contributed by atoms with van der Waals surface area (Å²) in [5, 5.41) is 0. The molecule has 21 heavy (non-hydrogen) atoms. The predicted molar refractivity (Wildman–Crippen MR) is 89.7 cm³/mol. The molecule has 0 heterocycles. The number of benzene rings is 2. The highest BCUT2D eigenvalue weighted by Crippen LogP contribution is 2.24. The highest BCUT2D eigenvalue weighted by atomic mass is 16.5. The van der Waals surface area contributed by atoms with Gasteiger partial charge in [0.1, 0.15) is 0 Å². The Balaban J connectivity index is 1.94. The van der Waals surface area contributed by atoms with E-state index in [2.05, 4.69) is 67.6 Å². The molecule has 0 bridgehead atoms. The summed E-state index contributed by atoms with van der Waals surface area (Å²) in [5.41, 5.74) is 2.66. The molecule has 0 saturated heterocycles. The first-order valence-corrected chi connectivity index (χ1v) is 8.09. The summed E-state index contributed by atoms with van der Waals surface area (Å²) < 4.78 is 5.95. The smallest absolute Gasteiger partial charge is 0.0575 e. The van der Waals surface area contributed by atoms with Gasteiger partial charge in [-0.25, -0.2) is 0 Å². The van der Waals surface area contributed by atoms with E-state index in [1.165, 1.54) is 36.8 Å². The summed E-state index contributed by atoms with van der Waals surface area (Å²) in [6.45, 7) is 3.87. The van der Waals surface area contributed by atoms with Crippen LogP contribution in [0.3, 0.4) is 0 Å². The number of hydrogen-bond donors (Lipinski definition) is 0. The molecule has 1 nitrogen and oxygen atoms in total. The van der Waals surface area contributed by atoms with Crippen LogP contribution in [0.4, 0.5) is 0 Å². The monoisotopic (exact) mass is 282 g/mol. The second kappa shape index (κ2) is 9.36. The van der Waals surface area contributed by atoms with E-state index in [1.807, 2.05) is 0 Å². The maximum absolute atomic E-state index is 5.95. The fourth-order valence-corrected chi connectivity index (χ4v) is 2.59. The Bertz CT molecular complexity index is 438. The Hall–Kier alpha value is -1.60. The van der Waals surface area contributed by atoms with E-state index >= 15 is 0 Å². The van der Waals surface area contributed by atoms with Gasteiger partial charge in [0.05, 0.1) is 6.61 Å². The second-order valence-electron chi connectivity index (χ2n) is 5.51. The molecule has 0 atom stereocenters. The Kier molecular flexibility index (Phi) is 7.03. The minimum atomic E-state index is 0.332. The molecule has 2 aromatic rings. The third-order valence-corrected chi connectivity index (χ3v) is 3.83. The molecule has 0 N–H and O–H groups in total. The summed E-state index contributed by atoms with van der Waals surface area (Å²) in [5.74, 6) is 0.332. The quantitative estimate of drug-likeness (QED) is 0.558. The zero-order valence-electron chi connectivity index (χ0n) is 13.0. The maximum atomic E-state index is 5.95. The van der Waals surface area contributed by atoms with Gasteiger partial charge in [-0.15, -0.1) is 0 Å². The van der Waals surface area contributed by atoms with Gasteiger partial charge in [-0.3, -0.25) is 0 Å². The highest BCUT2D eigenvalue weighted by molar-refractivity contribution is 5.32. The molecule has 0 fully saturated rings. The van der Waals surface area contributed by atoms with Crippen molar-refractivity contribution in [3.8, 4) is 0 Å². The second-order valence-corrected chi connectivity index (χ2v) is 5.51. The first-order valence-electron chi connectivity index (χ1n) is 8.09. The topological polar surface area (TPSA) is 9.23 Å². The van der Waals surface area contributed by atoms with Crippen molar-refractivity contribution >= 4 is 0 Å². The lowest BCUT2D eigenvalue weighted by Gasteiger charge is -2.18. The first kappa shape index (κ1) is 15.8. The average Bonchev–Trinajstić information content (AvgIpc) is 2.56. The number of unbranched alkanes of at least 4 members (excludes halogenated alkanes) is 3. The predicted octanol–water partition coefficient (Wildman–Crippen LogP) is 5.42. The van der Waals surface area contributed by atoms with Gasteiger partial charge in [-0.2, -0.15) is 0 Å². The lowest BCUT2D eigenvalue weighted by molar-refractivity contribution is 0.123. The van der Waals surface area contributed by atoms with E-state index in [9.17, 15) is 0 Å². The van der Waals surface area contributed by atoms with Crippen LogP contribution in [0.25, 0.3) is 0 Å². The standard InChI is InChI=1S/C20H26O/c1-2-3-4-11-16-21-17-20(18-12-7-5-8-13-18)19-14-9-6-10-15-19/h5-10,12-15,20H,2-4,11,16-17H2,1H3. The largest absolute Gasteiger partial charge is 0.380 e. The van der Waals surface area contributed by atoms with Gasteiger partial charge < -0.3 is 4.74 Å². The molecule has 0 unspecified atom stereocenters. The SMILES string of the molecule is CCCCCCOCC(c1ccccc1)c1ccccc1. The van der Waals surface area contributed by atoms with Crippen LogP contribution in [0.15, 0.2) is 60.7 Å². The summed E-state index contributed by atoms with van der Waals surface area (Å²) >= 11 is 0. The average molecular weight is 282 g/mol. The lowest BCUT2D eigenvalue weighted by atomic mass is 9.92. The molecule has 1 heteroatoms. The molecule has 0 aliphatic heterocycles. The summed E-state index contributed by atoms with van der Waals surface area (Å²) in [4.78, 5) is 0. The highest BCUT2D eigenvalue weighted by Gasteiger charge is 2.13. The van der Waals surface area contributed by atoms with Crippen LogP contribution in [0.2, 0.25) is 0 Å². The molecule has 0 saturated carbocycles. The Morgan fingerprint density at radius 1 is 0.762 bits per heavy atom. The van der Waals surface area contributed by atoms with Crippen molar-refractivity contribution in [2.24, 2.45) is 0 Å². The van der Waals surface area contributed by atoms with Gasteiger partial charge in [-0.1, -0.05) is 86.8 Å². The fourth-order valence-electron chi connectivity index (χ4n) is 2.59. The van der Waals surface area contributed by atoms with Crippen LogP contribution < -0.4 is 0 Å². The maximum Gasteiger partial charge on any atom is 0.0575 e. The molecule has 0 aromatic heterocycles. The number of ether oxygens (including phenoxy) is 1. The summed E-state index contributed by atoms with van der Waals surface area (Å²) in [6, 6.07) is 21.3. The van der Waals surface area contributed by atoms with E-state index in [4.69, 9.17) is 4.74 Å². The van der Waals surface area contributed by atoms with Crippen LogP contribution in [0, 0.1) is 0 Å². The van der Waals surface area contributed by atoms with E-state index in [0.717, 1.165) is 13.2 Å². The molecule has 0 spiro atoms. The van der Waals surface area contributed by atoms with Crippen molar-refractivity contribution in [2.45, 2.75) is 38.5 Å². The summed E-state index contributed by atoms with van der Waals surface area (Å²) in [6.07, 6.45) is 5.03. The van der Waals surface area contributed by atoms with Crippen LogP contribution >= 0.6 is 0 Å². The van der Waals surface area contributed by atoms with Gasteiger partial charge in [0.25, 0.3) is 0 Å². The van der Waals surface area contributed by atoms with Crippen LogP contribution in [-0.4, -0.2) is 13.2 Å².